The summed E-state index contributed by atoms with van der Waals surface area (Å²) < 4.78 is 5.43. The minimum atomic E-state index is -0.0840. The van der Waals surface area contributed by atoms with Crippen LogP contribution in [0.15, 0.2) is 18.2 Å². The minimum Gasteiger partial charge on any atom is -0.484 e. The molecule has 0 bridgehead atoms. The largest absolute Gasteiger partial charge is 0.484 e. The number of amides is 1. The van der Waals surface area contributed by atoms with Crippen LogP contribution in [0.5, 0.6) is 5.75 Å². The van der Waals surface area contributed by atoms with E-state index in [1.165, 1.54) is 0 Å². The summed E-state index contributed by atoms with van der Waals surface area (Å²) in [5.41, 5.74) is 0. The standard InChI is InChI=1S/C14H17Cl2NO3/c15-11-4-12(16)6-13(5-11)20-9-14(19)17-3-1-2-10(7-17)8-18/h4-6,10,18H,1-3,7-9H2. The topological polar surface area (TPSA) is 49.8 Å². The Hall–Kier alpha value is -0.970. The zero-order valence-corrected chi connectivity index (χ0v) is 12.5. The Bertz CT molecular complexity index is 461. The second kappa shape index (κ2) is 7.16. The third-order valence-corrected chi connectivity index (χ3v) is 3.76. The van der Waals surface area contributed by atoms with Gasteiger partial charge in [0.2, 0.25) is 0 Å². The lowest BCUT2D eigenvalue weighted by Gasteiger charge is -2.31. The van der Waals surface area contributed by atoms with Crippen molar-refractivity contribution in [2.45, 2.75) is 12.8 Å². The van der Waals surface area contributed by atoms with Crippen LogP contribution in [0.3, 0.4) is 0 Å². The molecule has 1 unspecified atom stereocenters. The first-order valence-electron chi connectivity index (χ1n) is 6.56. The van der Waals surface area contributed by atoms with Crippen LogP contribution in [0.2, 0.25) is 10.0 Å². The summed E-state index contributed by atoms with van der Waals surface area (Å²) in [6.45, 7) is 1.38. The summed E-state index contributed by atoms with van der Waals surface area (Å²) in [6, 6.07) is 4.84. The third kappa shape index (κ3) is 4.27. The third-order valence-electron chi connectivity index (χ3n) is 3.33. The number of carbonyl (C=O) groups excluding carboxylic acids is 1. The number of carbonyl (C=O) groups is 1. The van der Waals surface area contributed by atoms with Gasteiger partial charge in [-0.15, -0.1) is 0 Å². The predicted molar refractivity (Wildman–Crippen MR) is 78.3 cm³/mol. The summed E-state index contributed by atoms with van der Waals surface area (Å²) in [5.74, 6) is 0.569. The van der Waals surface area contributed by atoms with Crippen LogP contribution in [0.4, 0.5) is 0 Å². The number of hydrogen-bond acceptors (Lipinski definition) is 3. The van der Waals surface area contributed by atoms with Crippen LogP contribution in [0.25, 0.3) is 0 Å². The van der Waals surface area contributed by atoms with E-state index in [0.717, 1.165) is 19.4 Å². The summed E-state index contributed by atoms with van der Waals surface area (Å²) >= 11 is 11.7. The smallest absolute Gasteiger partial charge is 0.260 e. The first kappa shape index (κ1) is 15.4. The maximum Gasteiger partial charge on any atom is 0.260 e. The molecule has 0 aromatic heterocycles. The molecule has 110 valence electrons. The molecule has 1 aliphatic rings. The fourth-order valence-corrected chi connectivity index (χ4v) is 2.79. The van der Waals surface area contributed by atoms with E-state index < -0.39 is 0 Å². The van der Waals surface area contributed by atoms with Crippen LogP contribution in [-0.2, 0) is 4.79 Å². The minimum absolute atomic E-state index is 0.0468. The van der Waals surface area contributed by atoms with Gasteiger partial charge in [-0.3, -0.25) is 4.79 Å². The van der Waals surface area contributed by atoms with Crippen molar-refractivity contribution in [3.05, 3.63) is 28.2 Å². The van der Waals surface area contributed by atoms with Crippen molar-refractivity contribution in [1.82, 2.24) is 4.90 Å². The van der Waals surface area contributed by atoms with Gasteiger partial charge in [0.15, 0.2) is 6.61 Å². The molecular formula is C14H17Cl2NO3. The average Bonchev–Trinajstić information content (AvgIpc) is 2.44. The second-order valence-electron chi connectivity index (χ2n) is 4.92. The summed E-state index contributed by atoms with van der Waals surface area (Å²) in [7, 11) is 0. The molecule has 20 heavy (non-hydrogen) atoms. The number of aliphatic hydroxyl groups excluding tert-OH is 1. The molecule has 6 heteroatoms. The normalized spacial score (nSPS) is 18.9. The second-order valence-corrected chi connectivity index (χ2v) is 5.80. The van der Waals surface area contributed by atoms with Crippen molar-refractivity contribution >= 4 is 29.1 Å². The molecule has 1 aromatic rings. The van der Waals surface area contributed by atoms with Gasteiger partial charge in [-0.05, 0) is 37.0 Å². The van der Waals surface area contributed by atoms with Crippen molar-refractivity contribution in [1.29, 1.82) is 0 Å². The van der Waals surface area contributed by atoms with Crippen LogP contribution in [0, 0.1) is 5.92 Å². The number of ether oxygens (including phenoxy) is 1. The fourth-order valence-electron chi connectivity index (χ4n) is 2.29. The molecular weight excluding hydrogens is 301 g/mol. The van der Waals surface area contributed by atoms with E-state index in [-0.39, 0.29) is 25.0 Å². The number of halogens is 2. The van der Waals surface area contributed by atoms with Crippen molar-refractivity contribution in [3.8, 4) is 5.75 Å². The molecule has 1 heterocycles. The van der Waals surface area contributed by atoms with Gasteiger partial charge in [0.1, 0.15) is 5.75 Å². The van der Waals surface area contributed by atoms with E-state index >= 15 is 0 Å². The number of nitrogens with zero attached hydrogens (tertiary/aromatic N) is 1. The molecule has 0 radical (unpaired) electrons. The maximum absolute atomic E-state index is 12.1. The predicted octanol–water partition coefficient (Wildman–Crippen LogP) is 2.60. The quantitative estimate of drug-likeness (QED) is 0.928. The van der Waals surface area contributed by atoms with Crippen molar-refractivity contribution in [2.24, 2.45) is 5.92 Å². The van der Waals surface area contributed by atoms with E-state index in [2.05, 4.69) is 0 Å². The van der Waals surface area contributed by atoms with Gasteiger partial charge >= 0.3 is 0 Å². The van der Waals surface area contributed by atoms with E-state index in [9.17, 15) is 4.79 Å². The molecule has 4 nitrogen and oxygen atoms in total. The number of rotatable bonds is 4. The summed E-state index contributed by atoms with van der Waals surface area (Å²) in [5, 5.41) is 10.1. The molecule has 1 saturated heterocycles. The van der Waals surface area contributed by atoms with Crippen LogP contribution in [-0.4, -0.2) is 42.2 Å². The van der Waals surface area contributed by atoms with E-state index in [1.807, 2.05) is 0 Å². The zero-order valence-electron chi connectivity index (χ0n) is 11.0. The molecule has 1 amide bonds. The van der Waals surface area contributed by atoms with Gasteiger partial charge in [0.25, 0.3) is 5.91 Å². The average molecular weight is 318 g/mol. The van der Waals surface area contributed by atoms with Crippen molar-refractivity contribution in [3.63, 3.8) is 0 Å². The van der Waals surface area contributed by atoms with Gasteiger partial charge in [-0.1, -0.05) is 23.2 Å². The first-order chi connectivity index (χ1) is 9.58. The summed E-state index contributed by atoms with van der Waals surface area (Å²) in [6.07, 6.45) is 1.88. The highest BCUT2D eigenvalue weighted by Crippen LogP contribution is 2.24. The highest BCUT2D eigenvalue weighted by Gasteiger charge is 2.23. The molecule has 0 spiro atoms. The molecule has 1 fully saturated rings. The first-order valence-corrected chi connectivity index (χ1v) is 7.31. The number of aliphatic hydroxyl groups is 1. The Morgan fingerprint density at radius 3 is 2.70 bits per heavy atom. The highest BCUT2D eigenvalue weighted by atomic mass is 35.5. The van der Waals surface area contributed by atoms with E-state index in [1.54, 1.807) is 23.1 Å². The maximum atomic E-state index is 12.1. The number of hydrogen-bond donors (Lipinski definition) is 1. The van der Waals surface area contributed by atoms with Crippen LogP contribution >= 0.6 is 23.2 Å². The van der Waals surface area contributed by atoms with Crippen molar-refractivity contribution in [2.75, 3.05) is 26.3 Å². The number of likely N-dealkylation sites (tertiary alicyclic amines) is 1. The highest BCUT2D eigenvalue weighted by molar-refractivity contribution is 6.34. The van der Waals surface area contributed by atoms with E-state index in [0.29, 0.717) is 22.3 Å². The van der Waals surface area contributed by atoms with Gasteiger partial charge in [0.05, 0.1) is 0 Å². The van der Waals surface area contributed by atoms with Crippen molar-refractivity contribution < 1.29 is 14.6 Å². The Labute approximate surface area is 128 Å². The fraction of sp³-hybridized carbons (Fsp3) is 0.500. The molecule has 1 aliphatic heterocycles. The Morgan fingerprint density at radius 2 is 2.05 bits per heavy atom. The van der Waals surface area contributed by atoms with Gasteiger partial charge in [-0.25, -0.2) is 0 Å². The lowest BCUT2D eigenvalue weighted by Crippen LogP contribution is -2.43. The van der Waals surface area contributed by atoms with Gasteiger partial charge in [0, 0.05) is 29.7 Å². The molecule has 1 atom stereocenters. The lowest BCUT2D eigenvalue weighted by atomic mass is 9.99. The van der Waals surface area contributed by atoms with Gasteiger partial charge < -0.3 is 14.7 Å². The van der Waals surface area contributed by atoms with Crippen LogP contribution < -0.4 is 4.74 Å². The zero-order chi connectivity index (χ0) is 14.5. The monoisotopic (exact) mass is 317 g/mol. The lowest BCUT2D eigenvalue weighted by molar-refractivity contribution is -0.135. The Balaban J connectivity index is 1.88. The SMILES string of the molecule is O=C(COc1cc(Cl)cc(Cl)c1)N1CCCC(CO)C1. The molecule has 1 N–H and O–H groups in total. The molecule has 2 rings (SSSR count). The Kier molecular flexibility index (Phi) is 5.52. The number of piperidine rings is 1. The van der Waals surface area contributed by atoms with Gasteiger partial charge in [-0.2, -0.15) is 0 Å². The molecule has 0 saturated carbocycles. The van der Waals surface area contributed by atoms with E-state index in [4.69, 9.17) is 33.0 Å². The number of benzene rings is 1. The Morgan fingerprint density at radius 1 is 1.35 bits per heavy atom. The molecule has 0 aliphatic carbocycles. The van der Waals surface area contributed by atoms with Crippen LogP contribution in [0.1, 0.15) is 12.8 Å². The summed E-state index contributed by atoms with van der Waals surface area (Å²) in [4.78, 5) is 13.8. The molecule has 1 aromatic carbocycles.